The zero-order valence-electron chi connectivity index (χ0n) is 7.82. The van der Waals surface area contributed by atoms with Gasteiger partial charge in [0.2, 0.25) is 0 Å². The van der Waals surface area contributed by atoms with Crippen molar-refractivity contribution in [2.24, 2.45) is 0 Å². The van der Waals surface area contributed by atoms with Crippen molar-refractivity contribution in [3.05, 3.63) is 23.9 Å². The summed E-state index contributed by atoms with van der Waals surface area (Å²) in [5, 5.41) is 7.22. The van der Waals surface area contributed by atoms with E-state index < -0.39 is 0 Å². The van der Waals surface area contributed by atoms with Crippen molar-refractivity contribution in [2.45, 2.75) is 20.3 Å². The van der Waals surface area contributed by atoms with Crippen LogP contribution in [0.5, 0.6) is 0 Å². The first-order chi connectivity index (χ1) is 6.29. The van der Waals surface area contributed by atoms with Gasteiger partial charge in [0, 0.05) is 5.57 Å². The molecule has 0 saturated carbocycles. The fourth-order valence-corrected chi connectivity index (χ4v) is 0.953. The van der Waals surface area contributed by atoms with E-state index in [-0.39, 0.29) is 0 Å². The van der Waals surface area contributed by atoms with Gasteiger partial charge < -0.3 is 5.73 Å². The largest absolute Gasteiger partial charge is 0.379 e. The van der Waals surface area contributed by atoms with Crippen LogP contribution in [0.1, 0.15) is 26.0 Å². The topological polar surface area (TPSA) is 64.9 Å². The van der Waals surface area contributed by atoms with Gasteiger partial charge in [-0.3, -0.25) is 0 Å². The van der Waals surface area contributed by atoms with E-state index in [9.17, 15) is 0 Å². The summed E-state index contributed by atoms with van der Waals surface area (Å²) < 4.78 is 4.51. The number of anilines is 1. The summed E-state index contributed by atoms with van der Waals surface area (Å²) in [6.45, 7) is 3.98. The Hall–Kier alpha value is -1.58. The Morgan fingerprint density at radius 2 is 2.31 bits per heavy atom. The molecule has 4 heteroatoms. The van der Waals surface area contributed by atoms with Crippen molar-refractivity contribution in [3.63, 3.8) is 0 Å². The van der Waals surface area contributed by atoms with Gasteiger partial charge in [-0.15, -0.1) is 0 Å². The number of nitrogens with zero attached hydrogens (tertiary/aromatic N) is 2. The second-order valence-corrected chi connectivity index (χ2v) is 2.55. The second kappa shape index (κ2) is 4.45. The van der Waals surface area contributed by atoms with Crippen LogP contribution in [0.2, 0.25) is 0 Å². The Morgan fingerprint density at radius 3 is 2.77 bits per heavy atom. The summed E-state index contributed by atoms with van der Waals surface area (Å²) >= 11 is 0. The summed E-state index contributed by atoms with van der Waals surface area (Å²) in [6, 6.07) is 0. The Labute approximate surface area is 77.1 Å². The first kappa shape index (κ1) is 9.51. The molecule has 0 fully saturated rings. The SMILES string of the molecule is C/C=C(\C=C/CC)c1nonc1N. The highest BCUT2D eigenvalue weighted by Gasteiger charge is 2.07. The Morgan fingerprint density at radius 1 is 1.54 bits per heavy atom. The van der Waals surface area contributed by atoms with Gasteiger partial charge in [0.1, 0.15) is 0 Å². The zero-order valence-corrected chi connectivity index (χ0v) is 7.82. The van der Waals surface area contributed by atoms with Crippen molar-refractivity contribution >= 4 is 11.4 Å². The lowest BCUT2D eigenvalue weighted by Gasteiger charge is -1.94. The highest BCUT2D eigenvalue weighted by molar-refractivity contribution is 5.76. The Kier molecular flexibility index (Phi) is 3.25. The van der Waals surface area contributed by atoms with Crippen LogP contribution in [0.3, 0.4) is 0 Å². The molecule has 0 aliphatic carbocycles. The third-order valence-corrected chi connectivity index (χ3v) is 1.63. The van der Waals surface area contributed by atoms with Gasteiger partial charge in [0.25, 0.3) is 0 Å². The first-order valence-electron chi connectivity index (χ1n) is 4.20. The summed E-state index contributed by atoms with van der Waals surface area (Å²) in [7, 11) is 0. The van der Waals surface area contributed by atoms with Gasteiger partial charge in [-0.05, 0) is 23.7 Å². The van der Waals surface area contributed by atoms with Crippen LogP contribution in [0.25, 0.3) is 5.57 Å². The van der Waals surface area contributed by atoms with Crippen molar-refractivity contribution in [1.82, 2.24) is 10.3 Å². The van der Waals surface area contributed by atoms with E-state index in [0.717, 1.165) is 12.0 Å². The monoisotopic (exact) mass is 179 g/mol. The first-order valence-corrected chi connectivity index (χ1v) is 4.20. The van der Waals surface area contributed by atoms with Gasteiger partial charge in [0.15, 0.2) is 11.5 Å². The molecule has 0 aromatic carbocycles. The molecule has 0 unspecified atom stereocenters. The van der Waals surface area contributed by atoms with Gasteiger partial charge in [-0.25, -0.2) is 4.63 Å². The number of allylic oxidation sites excluding steroid dienone is 4. The predicted molar refractivity (Wildman–Crippen MR) is 51.8 cm³/mol. The van der Waals surface area contributed by atoms with Gasteiger partial charge in [0.05, 0.1) is 0 Å². The lowest BCUT2D eigenvalue weighted by Crippen LogP contribution is -1.90. The molecular formula is C9H13N3O. The lowest BCUT2D eigenvalue weighted by molar-refractivity contribution is 0.308. The van der Waals surface area contributed by atoms with E-state index in [1.807, 2.05) is 25.2 Å². The number of hydrogen-bond donors (Lipinski definition) is 1. The molecule has 1 aromatic heterocycles. The molecule has 0 bridgehead atoms. The molecule has 0 amide bonds. The maximum atomic E-state index is 5.55. The molecule has 1 heterocycles. The number of nitrogen functional groups attached to an aromatic ring is 1. The molecule has 0 radical (unpaired) electrons. The minimum Gasteiger partial charge on any atom is -0.379 e. The average Bonchev–Trinajstić information content (AvgIpc) is 2.54. The standard InChI is InChI=1S/C9H13N3O/c1-3-5-6-7(4-2)8-9(10)12-13-11-8/h4-6H,3H2,1-2H3,(H2,10,12)/b6-5-,7-4+. The number of rotatable bonds is 3. The fourth-order valence-electron chi connectivity index (χ4n) is 0.953. The molecular weight excluding hydrogens is 166 g/mol. The van der Waals surface area contributed by atoms with Crippen molar-refractivity contribution in [1.29, 1.82) is 0 Å². The Balaban J connectivity index is 2.92. The summed E-state index contributed by atoms with van der Waals surface area (Å²) in [5.41, 5.74) is 7.08. The zero-order chi connectivity index (χ0) is 9.68. The smallest absolute Gasteiger partial charge is 0.196 e. The van der Waals surface area contributed by atoms with Gasteiger partial charge >= 0.3 is 0 Å². The van der Waals surface area contributed by atoms with Crippen molar-refractivity contribution < 1.29 is 4.63 Å². The van der Waals surface area contributed by atoms with Crippen LogP contribution in [-0.4, -0.2) is 10.3 Å². The molecule has 1 rings (SSSR count). The molecule has 0 atom stereocenters. The minimum absolute atomic E-state index is 0.328. The van der Waals surface area contributed by atoms with E-state index in [1.54, 1.807) is 0 Å². The van der Waals surface area contributed by atoms with Crippen LogP contribution in [0.15, 0.2) is 22.9 Å². The average molecular weight is 179 g/mol. The summed E-state index contributed by atoms with van der Waals surface area (Å²) in [5.74, 6) is 0.328. The highest BCUT2D eigenvalue weighted by atomic mass is 16.6. The summed E-state index contributed by atoms with van der Waals surface area (Å²) in [6.07, 6.45) is 6.88. The molecule has 0 spiro atoms. The van der Waals surface area contributed by atoms with Crippen molar-refractivity contribution in [3.8, 4) is 0 Å². The molecule has 1 aromatic rings. The second-order valence-electron chi connectivity index (χ2n) is 2.55. The third-order valence-electron chi connectivity index (χ3n) is 1.63. The van der Waals surface area contributed by atoms with Crippen molar-refractivity contribution in [2.75, 3.05) is 5.73 Å². The van der Waals surface area contributed by atoms with E-state index in [1.165, 1.54) is 0 Å². The molecule has 0 saturated heterocycles. The van der Waals surface area contributed by atoms with Gasteiger partial charge in [-0.1, -0.05) is 25.2 Å². The molecule has 4 nitrogen and oxygen atoms in total. The fraction of sp³-hybridized carbons (Fsp3) is 0.333. The summed E-state index contributed by atoms with van der Waals surface area (Å²) in [4.78, 5) is 0. The normalized spacial score (nSPS) is 12.6. The van der Waals surface area contributed by atoms with Crippen LogP contribution < -0.4 is 5.73 Å². The van der Waals surface area contributed by atoms with Crippen LogP contribution >= 0.6 is 0 Å². The highest BCUT2D eigenvalue weighted by Crippen LogP contribution is 2.18. The van der Waals surface area contributed by atoms with Crippen LogP contribution in [-0.2, 0) is 0 Å². The molecule has 70 valence electrons. The van der Waals surface area contributed by atoms with E-state index in [4.69, 9.17) is 5.73 Å². The number of hydrogen-bond acceptors (Lipinski definition) is 4. The van der Waals surface area contributed by atoms with E-state index in [0.29, 0.717) is 11.5 Å². The minimum atomic E-state index is 0.328. The molecule has 13 heavy (non-hydrogen) atoms. The van der Waals surface area contributed by atoms with Gasteiger partial charge in [-0.2, -0.15) is 0 Å². The quantitative estimate of drug-likeness (QED) is 0.721. The third kappa shape index (κ3) is 2.18. The van der Waals surface area contributed by atoms with E-state index >= 15 is 0 Å². The lowest BCUT2D eigenvalue weighted by atomic mass is 10.1. The number of aromatic nitrogens is 2. The molecule has 2 N–H and O–H groups in total. The van der Waals surface area contributed by atoms with Crippen LogP contribution in [0, 0.1) is 0 Å². The van der Waals surface area contributed by atoms with E-state index in [2.05, 4.69) is 21.9 Å². The molecule has 0 aliphatic heterocycles. The Bertz CT molecular complexity index is 325. The number of nitrogens with two attached hydrogens (primary N) is 1. The van der Waals surface area contributed by atoms with Crippen LogP contribution in [0.4, 0.5) is 5.82 Å². The predicted octanol–water partition coefficient (Wildman–Crippen LogP) is 2.02. The maximum Gasteiger partial charge on any atom is 0.196 e. The maximum absolute atomic E-state index is 5.55. The molecule has 0 aliphatic rings.